The predicted molar refractivity (Wildman–Crippen MR) is 156 cm³/mol. The zero-order valence-electron chi connectivity index (χ0n) is 22.0. The van der Waals surface area contributed by atoms with Gasteiger partial charge in [0, 0.05) is 16.0 Å². The first-order valence-electron chi connectivity index (χ1n) is 13.3. The van der Waals surface area contributed by atoms with Gasteiger partial charge in [0.15, 0.2) is 11.5 Å². The van der Waals surface area contributed by atoms with Crippen LogP contribution in [0.15, 0.2) is 101 Å². The van der Waals surface area contributed by atoms with Gasteiger partial charge < -0.3 is 19.1 Å². The SMILES string of the molecule is COc1cc(/C=C2/CN3C(=NC4=C(CCc5ccccc54)C3c3cccs3)O2)ccc1OCc1ccccc1F. The topological polar surface area (TPSA) is 43.3 Å². The second-order valence-corrected chi connectivity index (χ2v) is 11.0. The van der Waals surface area contributed by atoms with E-state index in [-0.39, 0.29) is 18.5 Å². The Bertz CT molecular complexity index is 1670. The summed E-state index contributed by atoms with van der Waals surface area (Å²) in [5, 5.41) is 2.13. The van der Waals surface area contributed by atoms with E-state index in [1.54, 1.807) is 36.6 Å². The number of hydrogen-bond donors (Lipinski definition) is 0. The summed E-state index contributed by atoms with van der Waals surface area (Å²) in [5.41, 5.74) is 6.35. The predicted octanol–water partition coefficient (Wildman–Crippen LogP) is 7.62. The van der Waals surface area contributed by atoms with Gasteiger partial charge in [0.2, 0.25) is 0 Å². The van der Waals surface area contributed by atoms with Gasteiger partial charge in [0.25, 0.3) is 6.02 Å². The molecular weight excluding hydrogens is 523 g/mol. The van der Waals surface area contributed by atoms with Crippen LogP contribution in [0.3, 0.4) is 0 Å². The number of hydrogen-bond acceptors (Lipinski definition) is 6. The fraction of sp³-hybridized carbons (Fsp3) is 0.182. The molecule has 7 heteroatoms. The molecule has 0 bridgehead atoms. The first-order valence-corrected chi connectivity index (χ1v) is 14.2. The van der Waals surface area contributed by atoms with Crippen LogP contribution in [-0.2, 0) is 17.8 Å². The zero-order valence-corrected chi connectivity index (χ0v) is 22.8. The average Bonchev–Trinajstić information content (AvgIpc) is 3.66. The third-order valence-electron chi connectivity index (χ3n) is 7.55. The highest BCUT2D eigenvalue weighted by atomic mass is 32.1. The van der Waals surface area contributed by atoms with Crippen LogP contribution in [0.2, 0.25) is 0 Å². The summed E-state index contributed by atoms with van der Waals surface area (Å²) < 4.78 is 31.9. The minimum Gasteiger partial charge on any atom is -0.493 e. The molecule has 3 aromatic carbocycles. The smallest absolute Gasteiger partial charge is 0.299 e. The van der Waals surface area contributed by atoms with Gasteiger partial charge >= 0.3 is 0 Å². The maximum atomic E-state index is 14.0. The maximum Gasteiger partial charge on any atom is 0.299 e. The molecule has 0 N–H and O–H groups in total. The molecular formula is C33H27FN2O3S. The van der Waals surface area contributed by atoms with Gasteiger partial charge in [0.1, 0.15) is 18.2 Å². The van der Waals surface area contributed by atoms with Crippen LogP contribution in [0.5, 0.6) is 11.5 Å². The summed E-state index contributed by atoms with van der Waals surface area (Å²) in [5.74, 6) is 1.65. The monoisotopic (exact) mass is 550 g/mol. The van der Waals surface area contributed by atoms with E-state index >= 15 is 0 Å². The fourth-order valence-electron chi connectivity index (χ4n) is 5.64. The van der Waals surface area contributed by atoms with Gasteiger partial charge in [-0.2, -0.15) is 4.99 Å². The van der Waals surface area contributed by atoms with E-state index in [1.807, 2.05) is 24.3 Å². The van der Waals surface area contributed by atoms with Crippen molar-refractivity contribution in [2.24, 2.45) is 4.99 Å². The number of aliphatic imine (C=N–C) groups is 1. The second-order valence-electron chi connectivity index (χ2n) is 9.97. The average molecular weight is 551 g/mol. The number of thiophene rings is 1. The summed E-state index contributed by atoms with van der Waals surface area (Å²) in [6.45, 7) is 0.736. The molecule has 1 unspecified atom stereocenters. The lowest BCUT2D eigenvalue weighted by Gasteiger charge is -2.36. The second kappa shape index (κ2) is 10.3. The minimum atomic E-state index is -0.291. The quantitative estimate of drug-likeness (QED) is 0.248. The molecule has 1 saturated heterocycles. The fourth-order valence-corrected chi connectivity index (χ4v) is 6.51. The highest BCUT2D eigenvalue weighted by molar-refractivity contribution is 7.10. The zero-order chi connectivity index (χ0) is 27.1. The van der Waals surface area contributed by atoms with Crippen molar-refractivity contribution in [2.45, 2.75) is 25.5 Å². The van der Waals surface area contributed by atoms with Gasteiger partial charge in [0.05, 0.1) is 25.4 Å². The molecule has 0 spiro atoms. The summed E-state index contributed by atoms with van der Waals surface area (Å²) in [6.07, 6.45) is 4.01. The molecule has 1 aliphatic carbocycles. The summed E-state index contributed by atoms with van der Waals surface area (Å²) in [4.78, 5) is 8.62. The lowest BCUT2D eigenvalue weighted by Crippen LogP contribution is -2.35. The molecule has 0 saturated carbocycles. The Balaban J connectivity index is 1.17. The van der Waals surface area contributed by atoms with E-state index in [1.165, 1.54) is 27.6 Å². The number of methoxy groups -OCH3 is 1. The molecule has 0 amide bonds. The Hall–Kier alpha value is -4.36. The number of nitrogens with zero attached hydrogens (tertiary/aromatic N) is 2. The standard InChI is InChI=1S/C33H27FN2O3S/c1-37-29-18-21(12-15-28(29)38-20-23-8-3-5-10-27(23)34)17-24-19-36-32(30-11-6-16-40-30)26-14-13-22-7-2-4-9-25(22)31(26)35-33(36)39-24/h2-12,15-18,32H,13-14,19-20H2,1H3/b24-17-. The Morgan fingerprint density at radius 3 is 2.75 bits per heavy atom. The molecule has 4 aromatic rings. The van der Waals surface area contributed by atoms with Crippen LogP contribution in [0.25, 0.3) is 11.8 Å². The maximum absolute atomic E-state index is 14.0. The van der Waals surface area contributed by atoms with E-state index < -0.39 is 0 Å². The first-order chi connectivity index (χ1) is 19.7. The van der Waals surface area contributed by atoms with E-state index in [0.29, 0.717) is 29.6 Å². The van der Waals surface area contributed by atoms with Crippen LogP contribution in [-0.4, -0.2) is 24.6 Å². The molecule has 7 rings (SSSR count). The molecule has 0 radical (unpaired) electrons. The van der Waals surface area contributed by atoms with Crippen molar-refractivity contribution in [3.63, 3.8) is 0 Å². The van der Waals surface area contributed by atoms with Gasteiger partial charge in [-0.25, -0.2) is 4.39 Å². The lowest BCUT2D eigenvalue weighted by atomic mass is 9.84. The first kappa shape index (κ1) is 24.7. The van der Waals surface area contributed by atoms with Crippen molar-refractivity contribution in [1.29, 1.82) is 0 Å². The number of fused-ring (bicyclic) bond motifs is 3. The van der Waals surface area contributed by atoms with Crippen LogP contribution in [0, 0.1) is 5.82 Å². The van der Waals surface area contributed by atoms with Crippen LogP contribution >= 0.6 is 11.3 Å². The molecule has 40 heavy (non-hydrogen) atoms. The summed E-state index contributed by atoms with van der Waals surface area (Å²) in [6, 6.07) is 25.9. The molecule has 1 atom stereocenters. The van der Waals surface area contributed by atoms with Crippen molar-refractivity contribution in [2.75, 3.05) is 13.7 Å². The van der Waals surface area contributed by atoms with E-state index in [4.69, 9.17) is 19.2 Å². The molecule has 3 aliphatic rings. The highest BCUT2D eigenvalue weighted by Gasteiger charge is 2.41. The highest BCUT2D eigenvalue weighted by Crippen LogP contribution is 2.47. The molecule has 3 heterocycles. The Morgan fingerprint density at radius 2 is 1.90 bits per heavy atom. The summed E-state index contributed by atoms with van der Waals surface area (Å²) in [7, 11) is 1.60. The number of amidine groups is 1. The van der Waals surface area contributed by atoms with Gasteiger partial charge in [-0.15, -0.1) is 11.3 Å². The summed E-state index contributed by atoms with van der Waals surface area (Å²) >= 11 is 1.77. The van der Waals surface area contributed by atoms with E-state index in [9.17, 15) is 4.39 Å². The van der Waals surface area contributed by atoms with E-state index in [0.717, 1.165) is 29.9 Å². The molecule has 200 valence electrons. The molecule has 1 fully saturated rings. The van der Waals surface area contributed by atoms with Gasteiger partial charge in [-0.1, -0.05) is 54.6 Å². The van der Waals surface area contributed by atoms with Crippen LogP contribution in [0.1, 0.15) is 39.6 Å². The molecule has 5 nitrogen and oxygen atoms in total. The van der Waals surface area contributed by atoms with Crippen molar-refractivity contribution >= 4 is 29.1 Å². The van der Waals surface area contributed by atoms with Crippen LogP contribution in [0.4, 0.5) is 4.39 Å². The van der Waals surface area contributed by atoms with Crippen molar-refractivity contribution < 1.29 is 18.6 Å². The van der Waals surface area contributed by atoms with Crippen molar-refractivity contribution in [3.8, 4) is 11.5 Å². The molecule has 2 aliphatic heterocycles. The Kier molecular flexibility index (Phi) is 6.36. The number of halogens is 1. The van der Waals surface area contributed by atoms with Gasteiger partial charge in [-0.05, 0) is 65.3 Å². The number of benzene rings is 3. The minimum absolute atomic E-state index is 0.102. The number of ether oxygens (including phenoxy) is 3. The van der Waals surface area contributed by atoms with Crippen LogP contribution < -0.4 is 9.47 Å². The Morgan fingerprint density at radius 1 is 1.02 bits per heavy atom. The van der Waals surface area contributed by atoms with Gasteiger partial charge in [-0.3, -0.25) is 0 Å². The molecule has 1 aromatic heterocycles. The van der Waals surface area contributed by atoms with Crippen molar-refractivity contribution in [3.05, 3.63) is 129 Å². The lowest BCUT2D eigenvalue weighted by molar-refractivity contribution is 0.279. The largest absolute Gasteiger partial charge is 0.493 e. The third-order valence-corrected chi connectivity index (χ3v) is 8.48. The third kappa shape index (κ3) is 4.46. The van der Waals surface area contributed by atoms with E-state index in [2.05, 4.69) is 46.7 Å². The normalized spacial score (nSPS) is 18.6. The number of rotatable bonds is 6. The Labute approximate surface area is 236 Å². The van der Waals surface area contributed by atoms with Crippen molar-refractivity contribution in [1.82, 2.24) is 4.90 Å². The number of aryl methyl sites for hydroxylation is 1.